The first kappa shape index (κ1) is 11.6. The van der Waals surface area contributed by atoms with Crippen molar-refractivity contribution in [2.45, 2.75) is 32.9 Å². The van der Waals surface area contributed by atoms with Crippen molar-refractivity contribution in [3.63, 3.8) is 0 Å². The first-order valence-corrected chi connectivity index (χ1v) is 4.96. The van der Waals surface area contributed by atoms with Gasteiger partial charge in [0.15, 0.2) is 0 Å². The monoisotopic (exact) mass is 211 g/mol. The zero-order chi connectivity index (χ0) is 11.3. The van der Waals surface area contributed by atoms with E-state index < -0.39 is 0 Å². The summed E-state index contributed by atoms with van der Waals surface area (Å²) in [6.45, 7) is 4.35. The van der Waals surface area contributed by atoms with Crippen LogP contribution in [0.1, 0.15) is 26.1 Å². The molecule has 0 aromatic carbocycles. The van der Waals surface area contributed by atoms with Crippen LogP contribution in [0.25, 0.3) is 0 Å². The van der Waals surface area contributed by atoms with E-state index in [1.165, 1.54) is 6.33 Å². The number of amides is 1. The van der Waals surface area contributed by atoms with E-state index in [1.54, 1.807) is 0 Å². The van der Waals surface area contributed by atoms with Crippen LogP contribution >= 0.6 is 0 Å². The average Bonchev–Trinajstić information content (AvgIpc) is 2.66. The number of aromatic amines is 1. The number of H-pyrrole nitrogens is 1. The van der Waals surface area contributed by atoms with E-state index in [-0.39, 0.29) is 11.9 Å². The molecule has 0 aliphatic heterocycles. The van der Waals surface area contributed by atoms with E-state index in [4.69, 9.17) is 5.73 Å². The van der Waals surface area contributed by atoms with Crippen molar-refractivity contribution in [3.8, 4) is 0 Å². The number of carbonyl (C=O) groups excluding carboxylic acids is 1. The quantitative estimate of drug-likeness (QED) is 0.628. The Bertz CT molecular complexity index is 295. The number of rotatable bonds is 5. The largest absolute Gasteiger partial charge is 0.349 e. The molecule has 6 nitrogen and oxygen atoms in total. The Morgan fingerprint density at radius 1 is 1.67 bits per heavy atom. The lowest BCUT2D eigenvalue weighted by Crippen LogP contribution is -2.34. The average molecular weight is 211 g/mol. The van der Waals surface area contributed by atoms with Crippen molar-refractivity contribution < 1.29 is 4.79 Å². The fraction of sp³-hybridized carbons (Fsp3) is 0.667. The molecule has 0 saturated carbocycles. The molecule has 0 fully saturated rings. The number of nitrogens with zero attached hydrogens (tertiary/aromatic N) is 2. The first-order valence-electron chi connectivity index (χ1n) is 4.96. The Morgan fingerprint density at radius 2 is 2.40 bits per heavy atom. The lowest BCUT2D eigenvalue weighted by molar-refractivity contribution is -0.121. The minimum Gasteiger partial charge on any atom is -0.349 e. The zero-order valence-electron chi connectivity index (χ0n) is 9.03. The predicted octanol–water partition coefficient (Wildman–Crippen LogP) is -0.206. The molecule has 1 aromatic heterocycles. The molecule has 1 heterocycles. The molecule has 6 heteroatoms. The molecule has 0 aliphatic carbocycles. The van der Waals surface area contributed by atoms with Gasteiger partial charge in [-0.25, -0.2) is 4.98 Å². The van der Waals surface area contributed by atoms with E-state index in [0.717, 1.165) is 0 Å². The van der Waals surface area contributed by atoms with Gasteiger partial charge in [0.1, 0.15) is 12.2 Å². The second kappa shape index (κ2) is 5.45. The molecule has 0 spiro atoms. The zero-order valence-corrected chi connectivity index (χ0v) is 9.03. The highest BCUT2D eigenvalue weighted by Crippen LogP contribution is 2.02. The molecule has 0 radical (unpaired) electrons. The van der Waals surface area contributed by atoms with Crippen molar-refractivity contribution in [2.24, 2.45) is 11.7 Å². The Kier molecular flexibility index (Phi) is 4.23. The molecule has 0 bridgehead atoms. The van der Waals surface area contributed by atoms with Gasteiger partial charge < -0.3 is 11.1 Å². The highest BCUT2D eigenvalue weighted by molar-refractivity contribution is 5.76. The van der Waals surface area contributed by atoms with Gasteiger partial charge in [0.2, 0.25) is 5.91 Å². The lowest BCUT2D eigenvalue weighted by atomic mass is 10.0. The van der Waals surface area contributed by atoms with Crippen molar-refractivity contribution in [3.05, 3.63) is 12.2 Å². The summed E-state index contributed by atoms with van der Waals surface area (Å²) in [5.41, 5.74) is 5.77. The van der Waals surface area contributed by atoms with Gasteiger partial charge in [-0.15, -0.1) is 0 Å². The summed E-state index contributed by atoms with van der Waals surface area (Å²) >= 11 is 0. The fourth-order valence-electron chi connectivity index (χ4n) is 1.02. The third-order valence-electron chi connectivity index (χ3n) is 2.20. The second-order valence-corrected chi connectivity index (χ2v) is 3.82. The number of hydrogen-bond donors (Lipinski definition) is 3. The number of hydrogen-bond acceptors (Lipinski definition) is 4. The van der Waals surface area contributed by atoms with Gasteiger partial charge in [-0.05, 0) is 5.92 Å². The van der Waals surface area contributed by atoms with Crippen molar-refractivity contribution >= 4 is 5.91 Å². The standard InChI is InChI=1S/C9H17N5O/c1-6(2)7(10)3-9(15)11-4-8-12-5-13-14-8/h5-7H,3-4,10H2,1-2H3,(H,11,15)(H,12,13,14). The van der Waals surface area contributed by atoms with Crippen molar-refractivity contribution in [2.75, 3.05) is 0 Å². The Balaban J connectivity index is 2.25. The lowest BCUT2D eigenvalue weighted by Gasteiger charge is -2.14. The topological polar surface area (TPSA) is 96.7 Å². The van der Waals surface area contributed by atoms with E-state index in [2.05, 4.69) is 20.5 Å². The summed E-state index contributed by atoms with van der Waals surface area (Å²) in [7, 11) is 0. The normalized spacial score (nSPS) is 12.8. The maximum absolute atomic E-state index is 11.4. The van der Waals surface area contributed by atoms with Crippen LogP contribution in [0.5, 0.6) is 0 Å². The minimum absolute atomic E-state index is 0.0624. The molecular formula is C9H17N5O. The molecule has 1 rings (SSSR count). The number of aromatic nitrogens is 3. The molecule has 4 N–H and O–H groups in total. The summed E-state index contributed by atoms with van der Waals surface area (Å²) in [4.78, 5) is 15.3. The highest BCUT2D eigenvalue weighted by atomic mass is 16.1. The van der Waals surface area contributed by atoms with Crippen molar-refractivity contribution in [1.82, 2.24) is 20.5 Å². The molecule has 84 valence electrons. The molecule has 1 aromatic rings. The Hall–Kier alpha value is -1.43. The van der Waals surface area contributed by atoms with Crippen LogP contribution in [0.3, 0.4) is 0 Å². The molecule has 1 unspecified atom stereocenters. The van der Waals surface area contributed by atoms with Gasteiger partial charge in [-0.1, -0.05) is 13.8 Å². The van der Waals surface area contributed by atoms with Gasteiger partial charge in [0, 0.05) is 12.5 Å². The van der Waals surface area contributed by atoms with Crippen LogP contribution < -0.4 is 11.1 Å². The molecule has 0 saturated heterocycles. The van der Waals surface area contributed by atoms with Crippen LogP contribution in [-0.4, -0.2) is 27.1 Å². The molecular weight excluding hydrogens is 194 g/mol. The number of carbonyl (C=O) groups is 1. The summed E-state index contributed by atoms with van der Waals surface area (Å²) in [5.74, 6) is 0.884. The van der Waals surface area contributed by atoms with E-state index in [1.807, 2.05) is 13.8 Å². The van der Waals surface area contributed by atoms with Crippen LogP contribution in [0.4, 0.5) is 0 Å². The smallest absolute Gasteiger partial charge is 0.221 e. The second-order valence-electron chi connectivity index (χ2n) is 3.82. The van der Waals surface area contributed by atoms with Gasteiger partial charge >= 0.3 is 0 Å². The van der Waals surface area contributed by atoms with Crippen LogP contribution in [0.15, 0.2) is 6.33 Å². The van der Waals surface area contributed by atoms with Gasteiger partial charge in [-0.2, -0.15) is 5.10 Å². The van der Waals surface area contributed by atoms with Crippen LogP contribution in [0.2, 0.25) is 0 Å². The van der Waals surface area contributed by atoms with Gasteiger partial charge in [0.05, 0.1) is 6.54 Å². The minimum atomic E-state index is -0.0975. The Labute approximate surface area is 88.7 Å². The van der Waals surface area contributed by atoms with Crippen LogP contribution in [0, 0.1) is 5.92 Å². The SMILES string of the molecule is CC(C)C(N)CC(=O)NCc1ncn[nH]1. The third-order valence-corrected chi connectivity index (χ3v) is 2.20. The van der Waals surface area contributed by atoms with E-state index in [0.29, 0.717) is 24.7 Å². The summed E-state index contributed by atoms with van der Waals surface area (Å²) < 4.78 is 0. The predicted molar refractivity (Wildman–Crippen MR) is 55.7 cm³/mol. The maximum Gasteiger partial charge on any atom is 0.221 e. The summed E-state index contributed by atoms with van der Waals surface area (Å²) in [6.07, 6.45) is 1.74. The summed E-state index contributed by atoms with van der Waals surface area (Å²) in [6, 6.07) is -0.0975. The van der Waals surface area contributed by atoms with Gasteiger partial charge in [-0.3, -0.25) is 9.89 Å². The van der Waals surface area contributed by atoms with E-state index >= 15 is 0 Å². The third kappa shape index (κ3) is 4.07. The van der Waals surface area contributed by atoms with Crippen molar-refractivity contribution in [1.29, 1.82) is 0 Å². The molecule has 0 aliphatic rings. The fourth-order valence-corrected chi connectivity index (χ4v) is 1.02. The van der Waals surface area contributed by atoms with Crippen LogP contribution in [-0.2, 0) is 11.3 Å². The van der Waals surface area contributed by atoms with E-state index in [9.17, 15) is 4.79 Å². The summed E-state index contributed by atoms with van der Waals surface area (Å²) in [5, 5.41) is 9.06. The Morgan fingerprint density at radius 3 is 2.93 bits per heavy atom. The van der Waals surface area contributed by atoms with Gasteiger partial charge in [0.25, 0.3) is 0 Å². The maximum atomic E-state index is 11.4. The highest BCUT2D eigenvalue weighted by Gasteiger charge is 2.12. The first-order chi connectivity index (χ1) is 7.09. The molecule has 1 atom stereocenters. The number of nitrogens with one attached hydrogen (secondary N) is 2. The molecule has 15 heavy (non-hydrogen) atoms. The number of nitrogens with two attached hydrogens (primary N) is 1. The molecule has 1 amide bonds.